The molecule has 1 atom stereocenters. The highest BCUT2D eigenvalue weighted by Gasteiger charge is 2.18. The Labute approximate surface area is 128 Å². The van der Waals surface area contributed by atoms with Crippen molar-refractivity contribution in [2.75, 3.05) is 38.5 Å². The second kappa shape index (κ2) is 9.43. The van der Waals surface area contributed by atoms with Gasteiger partial charge in [0.15, 0.2) is 0 Å². The van der Waals surface area contributed by atoms with Gasteiger partial charge in [0.2, 0.25) is 0 Å². The maximum atomic E-state index is 3.58. The largest absolute Gasteiger partial charge is 0.316 e. The first-order valence-electron chi connectivity index (χ1n) is 7.99. The van der Waals surface area contributed by atoms with Crippen LogP contribution in [0, 0.1) is 5.92 Å². The van der Waals surface area contributed by atoms with E-state index in [2.05, 4.69) is 47.5 Å². The van der Waals surface area contributed by atoms with Crippen molar-refractivity contribution in [3.05, 3.63) is 30.3 Å². The summed E-state index contributed by atoms with van der Waals surface area (Å²) in [7, 11) is 0. The number of likely N-dealkylation sites (tertiary alicyclic amines) is 1. The molecule has 2 nitrogen and oxygen atoms in total. The third-order valence-electron chi connectivity index (χ3n) is 3.88. The molecule has 3 heteroatoms. The first kappa shape index (κ1) is 15.9. The van der Waals surface area contributed by atoms with E-state index in [1.54, 1.807) is 0 Å². The Bertz CT molecular complexity index is 355. The molecule has 1 saturated heterocycles. The summed E-state index contributed by atoms with van der Waals surface area (Å²) in [6, 6.07) is 10.7. The number of thioether (sulfide) groups is 1. The van der Waals surface area contributed by atoms with Crippen molar-refractivity contribution in [3.63, 3.8) is 0 Å². The predicted molar refractivity (Wildman–Crippen MR) is 89.5 cm³/mol. The number of hydrogen-bond acceptors (Lipinski definition) is 3. The monoisotopic (exact) mass is 292 g/mol. The summed E-state index contributed by atoms with van der Waals surface area (Å²) < 4.78 is 0. The summed E-state index contributed by atoms with van der Waals surface area (Å²) in [5, 5.41) is 3.58. The molecule has 1 unspecified atom stereocenters. The maximum Gasteiger partial charge on any atom is 0.0108 e. The lowest BCUT2D eigenvalue weighted by Gasteiger charge is -2.32. The molecule has 0 spiro atoms. The second-order valence-electron chi connectivity index (χ2n) is 5.67. The van der Waals surface area contributed by atoms with Crippen LogP contribution in [-0.2, 0) is 0 Å². The molecule has 0 amide bonds. The van der Waals surface area contributed by atoms with Crippen LogP contribution in [-0.4, -0.2) is 43.4 Å². The van der Waals surface area contributed by atoms with E-state index in [1.165, 1.54) is 62.6 Å². The average molecular weight is 292 g/mol. The molecule has 112 valence electrons. The molecule has 20 heavy (non-hydrogen) atoms. The molecule has 0 saturated carbocycles. The lowest BCUT2D eigenvalue weighted by atomic mass is 9.98. The van der Waals surface area contributed by atoms with E-state index in [-0.39, 0.29) is 0 Å². The van der Waals surface area contributed by atoms with Crippen molar-refractivity contribution in [1.82, 2.24) is 10.2 Å². The van der Waals surface area contributed by atoms with E-state index in [0.29, 0.717) is 0 Å². The molecular weight excluding hydrogens is 264 g/mol. The molecule has 1 N–H and O–H groups in total. The first-order chi connectivity index (χ1) is 9.88. The van der Waals surface area contributed by atoms with Gasteiger partial charge in [0.25, 0.3) is 0 Å². The fourth-order valence-corrected chi connectivity index (χ4v) is 3.75. The zero-order valence-corrected chi connectivity index (χ0v) is 13.5. The molecular formula is C17H28N2S. The second-order valence-corrected chi connectivity index (χ2v) is 6.84. The standard InChI is InChI=1S/C17H28N2S/c1-2-10-18-14-16-7-6-11-19(15-16)12-13-20-17-8-4-3-5-9-17/h3-5,8-9,16,18H,2,6-7,10-15H2,1H3. The van der Waals surface area contributed by atoms with Crippen LogP contribution >= 0.6 is 11.8 Å². The zero-order valence-electron chi connectivity index (χ0n) is 12.7. The van der Waals surface area contributed by atoms with Gasteiger partial charge in [-0.25, -0.2) is 0 Å². The number of nitrogens with one attached hydrogen (secondary N) is 1. The zero-order chi connectivity index (χ0) is 14.0. The molecule has 0 bridgehead atoms. The Morgan fingerprint density at radius 1 is 1.30 bits per heavy atom. The van der Waals surface area contributed by atoms with E-state index < -0.39 is 0 Å². The Morgan fingerprint density at radius 2 is 2.15 bits per heavy atom. The van der Waals surface area contributed by atoms with Crippen LogP contribution in [0.5, 0.6) is 0 Å². The topological polar surface area (TPSA) is 15.3 Å². The van der Waals surface area contributed by atoms with Gasteiger partial charge in [-0.1, -0.05) is 25.1 Å². The maximum absolute atomic E-state index is 3.58. The van der Waals surface area contributed by atoms with Gasteiger partial charge in [-0.3, -0.25) is 0 Å². The summed E-state index contributed by atoms with van der Waals surface area (Å²) in [4.78, 5) is 4.04. The number of piperidine rings is 1. The molecule has 1 heterocycles. The van der Waals surface area contributed by atoms with Crippen molar-refractivity contribution in [2.24, 2.45) is 5.92 Å². The highest BCUT2D eigenvalue weighted by molar-refractivity contribution is 7.99. The van der Waals surface area contributed by atoms with Crippen LogP contribution in [0.3, 0.4) is 0 Å². The lowest BCUT2D eigenvalue weighted by molar-refractivity contribution is 0.181. The van der Waals surface area contributed by atoms with Crippen LogP contribution in [0.4, 0.5) is 0 Å². The Balaban J connectivity index is 1.63. The third kappa shape index (κ3) is 5.86. The number of nitrogens with zero attached hydrogens (tertiary/aromatic N) is 1. The molecule has 2 rings (SSSR count). The summed E-state index contributed by atoms with van der Waals surface area (Å²) in [6.07, 6.45) is 4.01. The Morgan fingerprint density at radius 3 is 2.95 bits per heavy atom. The normalized spacial score (nSPS) is 20.1. The van der Waals surface area contributed by atoms with Crippen molar-refractivity contribution < 1.29 is 0 Å². The number of benzene rings is 1. The SMILES string of the molecule is CCCNCC1CCCN(CCSc2ccccc2)C1. The summed E-state index contributed by atoms with van der Waals surface area (Å²) >= 11 is 1.98. The molecule has 1 aliphatic heterocycles. The fraction of sp³-hybridized carbons (Fsp3) is 0.647. The molecule has 1 aliphatic rings. The minimum absolute atomic E-state index is 0.858. The number of hydrogen-bond donors (Lipinski definition) is 1. The fourth-order valence-electron chi connectivity index (χ4n) is 2.81. The van der Waals surface area contributed by atoms with E-state index in [1.807, 2.05) is 11.8 Å². The van der Waals surface area contributed by atoms with Gasteiger partial charge < -0.3 is 10.2 Å². The van der Waals surface area contributed by atoms with E-state index >= 15 is 0 Å². The lowest BCUT2D eigenvalue weighted by Crippen LogP contribution is -2.40. The molecule has 0 radical (unpaired) electrons. The average Bonchev–Trinajstić information content (AvgIpc) is 2.49. The summed E-state index contributed by atoms with van der Waals surface area (Å²) in [5.74, 6) is 2.07. The van der Waals surface area contributed by atoms with Gasteiger partial charge in [0.05, 0.1) is 0 Å². The van der Waals surface area contributed by atoms with Gasteiger partial charge in [0, 0.05) is 23.7 Å². The van der Waals surface area contributed by atoms with Crippen LogP contribution < -0.4 is 5.32 Å². The summed E-state index contributed by atoms with van der Waals surface area (Å²) in [6.45, 7) is 8.41. The Kier molecular flexibility index (Phi) is 7.48. The Hall–Kier alpha value is -0.510. The number of rotatable bonds is 8. The molecule has 1 fully saturated rings. The van der Waals surface area contributed by atoms with Crippen LogP contribution in [0.1, 0.15) is 26.2 Å². The molecule has 1 aromatic carbocycles. The van der Waals surface area contributed by atoms with Crippen molar-refractivity contribution in [3.8, 4) is 0 Å². The van der Waals surface area contributed by atoms with E-state index in [4.69, 9.17) is 0 Å². The highest BCUT2D eigenvalue weighted by Crippen LogP contribution is 2.19. The van der Waals surface area contributed by atoms with Crippen LogP contribution in [0.2, 0.25) is 0 Å². The highest BCUT2D eigenvalue weighted by atomic mass is 32.2. The smallest absolute Gasteiger partial charge is 0.0108 e. The minimum atomic E-state index is 0.858. The van der Waals surface area contributed by atoms with Gasteiger partial charge in [-0.05, 0) is 56.9 Å². The van der Waals surface area contributed by atoms with Crippen LogP contribution in [0.25, 0.3) is 0 Å². The van der Waals surface area contributed by atoms with Crippen LogP contribution in [0.15, 0.2) is 35.2 Å². The van der Waals surface area contributed by atoms with Crippen molar-refractivity contribution in [1.29, 1.82) is 0 Å². The first-order valence-corrected chi connectivity index (χ1v) is 8.98. The van der Waals surface area contributed by atoms with Gasteiger partial charge in [-0.15, -0.1) is 11.8 Å². The summed E-state index contributed by atoms with van der Waals surface area (Å²) in [5.41, 5.74) is 0. The van der Waals surface area contributed by atoms with Gasteiger partial charge >= 0.3 is 0 Å². The predicted octanol–water partition coefficient (Wildman–Crippen LogP) is 3.49. The third-order valence-corrected chi connectivity index (χ3v) is 4.87. The minimum Gasteiger partial charge on any atom is -0.316 e. The molecule has 0 aromatic heterocycles. The van der Waals surface area contributed by atoms with Gasteiger partial charge in [0.1, 0.15) is 0 Å². The van der Waals surface area contributed by atoms with Gasteiger partial charge in [-0.2, -0.15) is 0 Å². The quantitative estimate of drug-likeness (QED) is 0.583. The molecule has 1 aromatic rings. The van der Waals surface area contributed by atoms with E-state index in [0.717, 1.165) is 5.92 Å². The van der Waals surface area contributed by atoms with E-state index in [9.17, 15) is 0 Å². The van der Waals surface area contributed by atoms with Crippen molar-refractivity contribution >= 4 is 11.8 Å². The molecule has 0 aliphatic carbocycles. The van der Waals surface area contributed by atoms with Crippen molar-refractivity contribution in [2.45, 2.75) is 31.1 Å².